The predicted molar refractivity (Wildman–Crippen MR) is 78.5 cm³/mol. The summed E-state index contributed by atoms with van der Waals surface area (Å²) in [6.45, 7) is 0. The molecule has 0 N–H and O–H groups in total. The molecule has 0 heterocycles. The second-order valence-corrected chi connectivity index (χ2v) is 6.93. The summed E-state index contributed by atoms with van der Waals surface area (Å²) in [5, 5.41) is 0. The Hall–Kier alpha value is -0.520. The highest BCUT2D eigenvalue weighted by molar-refractivity contribution is 5.23. The van der Waals surface area contributed by atoms with Crippen LogP contribution < -0.4 is 0 Å². The van der Waals surface area contributed by atoms with Crippen LogP contribution in [0.2, 0.25) is 0 Å². The van der Waals surface area contributed by atoms with E-state index < -0.39 is 0 Å². The predicted octanol–water partition coefficient (Wildman–Crippen LogP) is 5.65. The molecule has 0 heteroatoms. The fraction of sp³-hybridized carbons (Fsp3) is 0.778. The van der Waals surface area contributed by atoms with Crippen LogP contribution in [0.5, 0.6) is 0 Å². The second kappa shape index (κ2) is 6.08. The van der Waals surface area contributed by atoms with Crippen LogP contribution in [0.3, 0.4) is 0 Å². The third kappa shape index (κ3) is 3.28. The molecule has 0 bridgehead atoms. The molecule has 3 rings (SSSR count). The van der Waals surface area contributed by atoms with Gasteiger partial charge in [0.15, 0.2) is 0 Å². The van der Waals surface area contributed by atoms with Gasteiger partial charge in [0.1, 0.15) is 0 Å². The minimum absolute atomic E-state index is 1.01. The molecule has 3 aliphatic rings. The molecule has 0 amide bonds. The van der Waals surface area contributed by atoms with Crippen molar-refractivity contribution in [3.8, 4) is 0 Å². The van der Waals surface area contributed by atoms with Crippen molar-refractivity contribution in [3.63, 3.8) is 0 Å². The third-order valence-electron chi connectivity index (χ3n) is 5.51. The van der Waals surface area contributed by atoms with Crippen molar-refractivity contribution >= 4 is 0 Å². The molecule has 18 heavy (non-hydrogen) atoms. The van der Waals surface area contributed by atoms with Crippen LogP contribution in [-0.4, -0.2) is 0 Å². The minimum Gasteiger partial charge on any atom is -0.0805 e. The van der Waals surface area contributed by atoms with Gasteiger partial charge in [0, 0.05) is 0 Å². The lowest BCUT2D eigenvalue weighted by Crippen LogP contribution is -2.17. The zero-order valence-corrected chi connectivity index (χ0v) is 11.7. The topological polar surface area (TPSA) is 0 Å². The maximum absolute atomic E-state index is 2.35. The average Bonchev–Trinajstić information content (AvgIpc) is 3.05. The van der Waals surface area contributed by atoms with E-state index in [4.69, 9.17) is 0 Å². The Morgan fingerprint density at radius 3 is 2.17 bits per heavy atom. The van der Waals surface area contributed by atoms with E-state index in [-0.39, 0.29) is 0 Å². The van der Waals surface area contributed by atoms with Crippen molar-refractivity contribution in [2.75, 3.05) is 0 Å². The van der Waals surface area contributed by atoms with E-state index in [0.717, 1.165) is 17.8 Å². The van der Waals surface area contributed by atoms with Gasteiger partial charge in [-0.1, -0.05) is 62.3 Å². The third-order valence-corrected chi connectivity index (χ3v) is 5.51. The Balaban J connectivity index is 1.37. The number of hydrogen-bond donors (Lipinski definition) is 0. The van der Waals surface area contributed by atoms with Gasteiger partial charge in [0.25, 0.3) is 0 Å². The van der Waals surface area contributed by atoms with Crippen LogP contribution in [0.4, 0.5) is 0 Å². The molecule has 0 nitrogen and oxygen atoms in total. The van der Waals surface area contributed by atoms with Crippen LogP contribution in [0.25, 0.3) is 0 Å². The number of allylic oxidation sites excluding steroid dienone is 4. The molecule has 0 aromatic carbocycles. The molecule has 0 unspecified atom stereocenters. The molecule has 0 saturated heterocycles. The Kier molecular flexibility index (Phi) is 4.23. The molecule has 0 spiro atoms. The smallest absolute Gasteiger partial charge is 0.0132 e. The zero-order chi connectivity index (χ0) is 12.2. The molecule has 2 fully saturated rings. The van der Waals surface area contributed by atoms with Crippen molar-refractivity contribution in [1.29, 1.82) is 0 Å². The Morgan fingerprint density at radius 2 is 1.50 bits per heavy atom. The zero-order valence-electron chi connectivity index (χ0n) is 11.7. The highest BCUT2D eigenvalue weighted by atomic mass is 14.3. The highest BCUT2D eigenvalue weighted by Crippen LogP contribution is 2.39. The normalized spacial score (nSPS) is 33.0. The van der Waals surface area contributed by atoms with Gasteiger partial charge in [-0.05, 0) is 49.9 Å². The Morgan fingerprint density at radius 1 is 0.833 bits per heavy atom. The quantitative estimate of drug-likeness (QED) is 0.599. The maximum Gasteiger partial charge on any atom is -0.0132 e. The standard InChI is InChI=1S/C18H28/c1-2-6-15(5-1)13-17-9-11-18(12-10-17)14-16-7-3-4-8-16/h1-2,5,16-18H,3-4,6-14H2. The molecule has 0 aliphatic heterocycles. The monoisotopic (exact) mass is 244 g/mol. The number of hydrogen-bond acceptors (Lipinski definition) is 0. The lowest BCUT2D eigenvalue weighted by Gasteiger charge is -2.30. The Labute approximate surface area is 113 Å². The molecular weight excluding hydrogens is 216 g/mol. The van der Waals surface area contributed by atoms with E-state index in [1.165, 1.54) is 51.4 Å². The van der Waals surface area contributed by atoms with Crippen LogP contribution in [0.15, 0.2) is 23.8 Å². The molecule has 0 atom stereocenters. The summed E-state index contributed by atoms with van der Waals surface area (Å²) in [5.74, 6) is 3.20. The first-order valence-electron chi connectivity index (χ1n) is 8.24. The SMILES string of the molecule is C1=CCC(CC2CCC(CC3CCCC3)CC2)=C1. The van der Waals surface area contributed by atoms with Gasteiger partial charge in [0.05, 0.1) is 0 Å². The lowest BCUT2D eigenvalue weighted by molar-refractivity contribution is 0.235. The Bertz CT molecular complexity index is 309. The van der Waals surface area contributed by atoms with Gasteiger partial charge in [0.2, 0.25) is 0 Å². The minimum atomic E-state index is 1.01. The van der Waals surface area contributed by atoms with Crippen LogP contribution in [0, 0.1) is 17.8 Å². The summed E-state index contributed by atoms with van der Waals surface area (Å²) in [6.07, 6.45) is 23.3. The van der Waals surface area contributed by atoms with Crippen LogP contribution in [0.1, 0.15) is 70.6 Å². The maximum atomic E-state index is 2.35. The van der Waals surface area contributed by atoms with Crippen molar-refractivity contribution < 1.29 is 0 Å². The fourth-order valence-corrected chi connectivity index (χ4v) is 4.40. The van der Waals surface area contributed by atoms with Gasteiger partial charge >= 0.3 is 0 Å². The lowest BCUT2D eigenvalue weighted by atomic mass is 9.76. The van der Waals surface area contributed by atoms with Gasteiger partial charge < -0.3 is 0 Å². The van der Waals surface area contributed by atoms with Crippen molar-refractivity contribution in [2.24, 2.45) is 17.8 Å². The van der Waals surface area contributed by atoms with Crippen LogP contribution in [-0.2, 0) is 0 Å². The van der Waals surface area contributed by atoms with E-state index in [1.807, 2.05) is 0 Å². The summed E-state index contributed by atoms with van der Waals surface area (Å²) in [5.41, 5.74) is 1.69. The van der Waals surface area contributed by atoms with Gasteiger partial charge in [-0.2, -0.15) is 0 Å². The van der Waals surface area contributed by atoms with Gasteiger partial charge in [-0.3, -0.25) is 0 Å². The molecule has 0 aromatic heterocycles. The van der Waals surface area contributed by atoms with E-state index in [9.17, 15) is 0 Å². The van der Waals surface area contributed by atoms with Crippen LogP contribution >= 0.6 is 0 Å². The summed E-state index contributed by atoms with van der Waals surface area (Å²) < 4.78 is 0. The van der Waals surface area contributed by atoms with E-state index >= 15 is 0 Å². The largest absolute Gasteiger partial charge is 0.0805 e. The first-order chi connectivity index (χ1) is 8.90. The van der Waals surface area contributed by atoms with E-state index in [2.05, 4.69) is 18.2 Å². The first kappa shape index (κ1) is 12.5. The van der Waals surface area contributed by atoms with E-state index in [0.29, 0.717) is 0 Å². The van der Waals surface area contributed by atoms with Crippen molar-refractivity contribution in [2.45, 2.75) is 70.6 Å². The molecule has 0 radical (unpaired) electrons. The summed E-state index contributed by atoms with van der Waals surface area (Å²) in [4.78, 5) is 0. The molecule has 2 saturated carbocycles. The molecule has 100 valence electrons. The highest BCUT2D eigenvalue weighted by Gasteiger charge is 2.25. The van der Waals surface area contributed by atoms with Gasteiger partial charge in [-0.15, -0.1) is 0 Å². The first-order valence-corrected chi connectivity index (χ1v) is 8.24. The summed E-state index contributed by atoms with van der Waals surface area (Å²) in [6, 6.07) is 0. The van der Waals surface area contributed by atoms with E-state index in [1.54, 1.807) is 24.8 Å². The molecule has 0 aromatic rings. The summed E-state index contributed by atoms with van der Waals surface area (Å²) in [7, 11) is 0. The van der Waals surface area contributed by atoms with Crippen molar-refractivity contribution in [1.82, 2.24) is 0 Å². The summed E-state index contributed by atoms with van der Waals surface area (Å²) >= 11 is 0. The molecule has 3 aliphatic carbocycles. The average molecular weight is 244 g/mol. The molecular formula is C18H28. The number of rotatable bonds is 4. The second-order valence-electron chi connectivity index (χ2n) is 6.93. The fourth-order valence-electron chi connectivity index (χ4n) is 4.40. The van der Waals surface area contributed by atoms with Gasteiger partial charge in [-0.25, -0.2) is 0 Å². The van der Waals surface area contributed by atoms with Crippen molar-refractivity contribution in [3.05, 3.63) is 23.8 Å².